The van der Waals surface area contributed by atoms with E-state index in [2.05, 4.69) is 10.6 Å². The summed E-state index contributed by atoms with van der Waals surface area (Å²) in [6.45, 7) is 0.424. The van der Waals surface area contributed by atoms with Crippen molar-refractivity contribution in [3.8, 4) is 0 Å². The number of rotatable bonds is 4. The van der Waals surface area contributed by atoms with Gasteiger partial charge in [0, 0.05) is 24.2 Å². The molecular weight excluding hydrogens is 316 g/mol. The lowest BCUT2D eigenvalue weighted by Crippen LogP contribution is -2.60. The molecule has 0 aliphatic heterocycles. The number of halogens is 1. The standard InChI is InChI=1S/C16H22N4O2.ClH/c17-12-5-16(6-12)7-13(8-16)20-15(22)19-9-10-1-3-11(4-2-10)14(18)21;/h1-4,12-13H,5-9,17H2,(H2,18,21)(H2,19,20,22);1H. The smallest absolute Gasteiger partial charge is 0.315 e. The van der Waals surface area contributed by atoms with Gasteiger partial charge in [0.25, 0.3) is 0 Å². The van der Waals surface area contributed by atoms with Crippen molar-refractivity contribution in [1.29, 1.82) is 0 Å². The molecule has 1 aromatic carbocycles. The van der Waals surface area contributed by atoms with E-state index in [1.54, 1.807) is 24.3 Å². The monoisotopic (exact) mass is 338 g/mol. The Labute approximate surface area is 141 Å². The molecule has 3 amide bonds. The number of nitrogens with two attached hydrogens (primary N) is 2. The van der Waals surface area contributed by atoms with Gasteiger partial charge in [-0.1, -0.05) is 12.1 Å². The molecule has 0 atom stereocenters. The second kappa shape index (κ2) is 6.76. The van der Waals surface area contributed by atoms with E-state index in [9.17, 15) is 9.59 Å². The van der Waals surface area contributed by atoms with E-state index in [1.807, 2.05) is 0 Å². The fourth-order valence-electron chi connectivity index (χ4n) is 3.68. The molecule has 2 aliphatic rings. The van der Waals surface area contributed by atoms with Crippen molar-refractivity contribution in [3.05, 3.63) is 35.4 Å². The lowest BCUT2D eigenvalue weighted by atomic mass is 9.52. The van der Waals surface area contributed by atoms with E-state index >= 15 is 0 Å². The van der Waals surface area contributed by atoms with Crippen molar-refractivity contribution in [2.75, 3.05) is 0 Å². The molecule has 0 bridgehead atoms. The SMILES string of the molecule is Cl.NC(=O)c1ccc(CNC(=O)NC2CC3(CC(N)C3)C2)cc1. The summed E-state index contributed by atoms with van der Waals surface area (Å²) < 4.78 is 0. The zero-order valence-electron chi connectivity index (χ0n) is 12.9. The van der Waals surface area contributed by atoms with Crippen LogP contribution in [0.4, 0.5) is 4.79 Å². The molecule has 3 rings (SSSR count). The number of urea groups is 1. The molecule has 0 aromatic heterocycles. The molecule has 0 heterocycles. The molecule has 6 nitrogen and oxygen atoms in total. The highest BCUT2D eigenvalue weighted by Crippen LogP contribution is 2.55. The third-order valence-corrected chi connectivity index (χ3v) is 4.78. The molecule has 0 radical (unpaired) electrons. The van der Waals surface area contributed by atoms with E-state index < -0.39 is 5.91 Å². The fraction of sp³-hybridized carbons (Fsp3) is 0.500. The second-order valence-electron chi connectivity index (χ2n) is 6.66. The first-order valence-electron chi connectivity index (χ1n) is 7.64. The van der Waals surface area contributed by atoms with Crippen LogP contribution in [0.2, 0.25) is 0 Å². The average molecular weight is 339 g/mol. The van der Waals surface area contributed by atoms with Crippen LogP contribution in [-0.2, 0) is 6.54 Å². The van der Waals surface area contributed by atoms with Gasteiger partial charge in [-0.15, -0.1) is 12.4 Å². The van der Waals surface area contributed by atoms with Crippen LogP contribution < -0.4 is 22.1 Å². The minimum atomic E-state index is -0.452. The van der Waals surface area contributed by atoms with E-state index in [0.717, 1.165) is 31.2 Å². The van der Waals surface area contributed by atoms with Crippen molar-refractivity contribution < 1.29 is 9.59 Å². The summed E-state index contributed by atoms with van der Waals surface area (Å²) >= 11 is 0. The quantitative estimate of drug-likeness (QED) is 0.663. The minimum absolute atomic E-state index is 0. The van der Waals surface area contributed by atoms with Gasteiger partial charge in [-0.2, -0.15) is 0 Å². The molecule has 1 aromatic rings. The van der Waals surface area contributed by atoms with Crippen LogP contribution in [0.25, 0.3) is 0 Å². The van der Waals surface area contributed by atoms with Gasteiger partial charge < -0.3 is 22.1 Å². The highest BCUT2D eigenvalue weighted by molar-refractivity contribution is 5.92. The summed E-state index contributed by atoms with van der Waals surface area (Å²) in [7, 11) is 0. The molecule has 126 valence electrons. The highest BCUT2D eigenvalue weighted by Gasteiger charge is 2.51. The maximum atomic E-state index is 11.9. The van der Waals surface area contributed by atoms with Gasteiger partial charge in [-0.3, -0.25) is 4.79 Å². The topological polar surface area (TPSA) is 110 Å². The molecular formula is C16H23ClN4O2. The molecule has 23 heavy (non-hydrogen) atoms. The first-order chi connectivity index (χ1) is 10.5. The van der Waals surface area contributed by atoms with Gasteiger partial charge in [-0.25, -0.2) is 4.79 Å². The number of hydrogen-bond acceptors (Lipinski definition) is 3. The van der Waals surface area contributed by atoms with Gasteiger partial charge >= 0.3 is 6.03 Å². The van der Waals surface area contributed by atoms with Crippen molar-refractivity contribution in [3.63, 3.8) is 0 Å². The number of carbonyl (C=O) groups is 2. The molecule has 2 saturated carbocycles. The molecule has 0 unspecified atom stereocenters. The van der Waals surface area contributed by atoms with Crippen LogP contribution in [0.3, 0.4) is 0 Å². The molecule has 7 heteroatoms. The summed E-state index contributed by atoms with van der Waals surface area (Å²) in [6.07, 6.45) is 4.28. The molecule has 0 saturated heterocycles. The summed E-state index contributed by atoms with van der Waals surface area (Å²) in [5.41, 5.74) is 12.8. The first-order valence-corrected chi connectivity index (χ1v) is 7.64. The Kier molecular flexibility index (Phi) is 5.16. The molecule has 6 N–H and O–H groups in total. The number of primary amides is 1. The lowest BCUT2D eigenvalue weighted by Gasteiger charge is -2.56. The average Bonchev–Trinajstić information content (AvgIpc) is 2.41. The van der Waals surface area contributed by atoms with E-state index in [1.165, 1.54) is 0 Å². The van der Waals surface area contributed by atoms with Crippen LogP contribution in [0.15, 0.2) is 24.3 Å². The largest absolute Gasteiger partial charge is 0.366 e. The number of hydrogen-bond donors (Lipinski definition) is 4. The van der Waals surface area contributed by atoms with E-state index in [4.69, 9.17) is 11.5 Å². The first kappa shape index (κ1) is 17.6. The molecule has 2 fully saturated rings. The predicted molar refractivity (Wildman–Crippen MR) is 90.2 cm³/mol. The minimum Gasteiger partial charge on any atom is -0.366 e. The Morgan fingerprint density at radius 1 is 1.13 bits per heavy atom. The Morgan fingerprint density at radius 3 is 2.26 bits per heavy atom. The lowest BCUT2D eigenvalue weighted by molar-refractivity contribution is -0.0139. The van der Waals surface area contributed by atoms with Gasteiger partial charge in [0.1, 0.15) is 0 Å². The molecule has 1 spiro atoms. The number of amides is 3. The van der Waals surface area contributed by atoms with Crippen molar-refractivity contribution in [2.45, 2.75) is 44.3 Å². The third-order valence-electron chi connectivity index (χ3n) is 4.78. The van der Waals surface area contributed by atoms with Crippen LogP contribution in [0.5, 0.6) is 0 Å². The number of benzene rings is 1. The van der Waals surface area contributed by atoms with Crippen LogP contribution in [-0.4, -0.2) is 24.0 Å². The second-order valence-corrected chi connectivity index (χ2v) is 6.66. The summed E-state index contributed by atoms with van der Waals surface area (Å²) in [5.74, 6) is -0.452. The summed E-state index contributed by atoms with van der Waals surface area (Å²) in [5, 5.41) is 5.82. The normalized spacial score (nSPS) is 28.0. The van der Waals surface area contributed by atoms with Gasteiger partial charge in [0.15, 0.2) is 0 Å². The Hall–Kier alpha value is -1.79. The summed E-state index contributed by atoms with van der Waals surface area (Å²) in [6, 6.07) is 7.37. The van der Waals surface area contributed by atoms with Crippen molar-refractivity contribution in [2.24, 2.45) is 16.9 Å². The maximum Gasteiger partial charge on any atom is 0.315 e. The van der Waals surface area contributed by atoms with Gasteiger partial charge in [-0.05, 0) is 48.8 Å². The van der Waals surface area contributed by atoms with Crippen LogP contribution in [0.1, 0.15) is 41.6 Å². The van der Waals surface area contributed by atoms with Crippen molar-refractivity contribution in [1.82, 2.24) is 10.6 Å². The number of carbonyl (C=O) groups excluding carboxylic acids is 2. The predicted octanol–water partition coefficient (Wildman–Crippen LogP) is 1.28. The zero-order valence-corrected chi connectivity index (χ0v) is 13.7. The fourth-order valence-corrected chi connectivity index (χ4v) is 3.68. The van der Waals surface area contributed by atoms with Gasteiger partial charge in [0.05, 0.1) is 0 Å². The van der Waals surface area contributed by atoms with E-state index in [0.29, 0.717) is 23.6 Å². The summed E-state index contributed by atoms with van der Waals surface area (Å²) in [4.78, 5) is 22.8. The van der Waals surface area contributed by atoms with Crippen LogP contribution in [0, 0.1) is 5.41 Å². The third kappa shape index (κ3) is 3.95. The Bertz CT molecular complexity index is 576. The highest BCUT2D eigenvalue weighted by atomic mass is 35.5. The van der Waals surface area contributed by atoms with E-state index in [-0.39, 0.29) is 24.5 Å². The van der Waals surface area contributed by atoms with Crippen molar-refractivity contribution >= 4 is 24.3 Å². The van der Waals surface area contributed by atoms with Gasteiger partial charge in [0.2, 0.25) is 5.91 Å². The Morgan fingerprint density at radius 2 is 1.74 bits per heavy atom. The maximum absolute atomic E-state index is 11.9. The Balaban J connectivity index is 0.00000192. The number of nitrogens with one attached hydrogen (secondary N) is 2. The zero-order chi connectivity index (χ0) is 15.7. The molecule has 2 aliphatic carbocycles. The van der Waals surface area contributed by atoms with Crippen LogP contribution >= 0.6 is 12.4 Å².